The zero-order chi connectivity index (χ0) is 22.8. The number of nitrogens with zero attached hydrogens (tertiary/aromatic N) is 1. The van der Waals surface area contributed by atoms with Gasteiger partial charge in [-0.25, -0.2) is 4.90 Å². The van der Waals surface area contributed by atoms with Gasteiger partial charge in [-0.3, -0.25) is 9.59 Å². The summed E-state index contributed by atoms with van der Waals surface area (Å²) >= 11 is 18.5. The number of halogens is 3. The van der Waals surface area contributed by atoms with Crippen LogP contribution < -0.4 is 4.90 Å². The number of benzene rings is 2. The van der Waals surface area contributed by atoms with E-state index < -0.39 is 11.3 Å². The second-order valence-electron chi connectivity index (χ2n) is 8.66. The number of fused-ring (bicyclic) bond motifs is 1. The van der Waals surface area contributed by atoms with E-state index in [2.05, 4.69) is 0 Å². The number of rotatable bonds is 4. The van der Waals surface area contributed by atoms with E-state index in [0.29, 0.717) is 27.2 Å². The zero-order valence-electron chi connectivity index (χ0n) is 17.4. The average molecular weight is 489 g/mol. The quantitative estimate of drug-likeness (QED) is 0.467. The lowest BCUT2D eigenvalue weighted by atomic mass is 9.79. The van der Waals surface area contributed by atoms with E-state index in [1.165, 1.54) is 4.90 Å². The van der Waals surface area contributed by atoms with Crippen LogP contribution in [0.1, 0.15) is 18.9 Å². The van der Waals surface area contributed by atoms with Crippen molar-refractivity contribution in [2.24, 2.45) is 23.2 Å². The lowest BCUT2D eigenvalue weighted by molar-refractivity contribution is -0.125. The molecule has 2 aliphatic carbocycles. The minimum Gasteiger partial charge on any atom is -0.497 e. The molecule has 2 amide bonds. The summed E-state index contributed by atoms with van der Waals surface area (Å²) in [5, 5.41) is 1.39. The Morgan fingerprint density at radius 3 is 2.34 bits per heavy atom. The molecule has 0 N–H and O–H groups in total. The number of hydrogen-bond donors (Lipinski definition) is 0. The largest absolute Gasteiger partial charge is 0.497 e. The molecule has 2 fully saturated rings. The van der Waals surface area contributed by atoms with Gasteiger partial charge in [0, 0.05) is 15.1 Å². The highest BCUT2D eigenvalue weighted by Crippen LogP contribution is 2.70. The zero-order valence-corrected chi connectivity index (χ0v) is 19.7. The number of methoxy groups -OCH3 is 1. The Balaban J connectivity index is 1.50. The third-order valence-corrected chi connectivity index (χ3v) is 7.61. The van der Waals surface area contributed by atoms with E-state index >= 15 is 0 Å². The molecule has 4 nitrogen and oxygen atoms in total. The van der Waals surface area contributed by atoms with E-state index in [-0.39, 0.29) is 23.7 Å². The first-order valence-corrected chi connectivity index (χ1v) is 11.4. The van der Waals surface area contributed by atoms with Crippen LogP contribution in [0, 0.1) is 23.2 Å². The Morgan fingerprint density at radius 1 is 1.03 bits per heavy atom. The SMILES string of the molecule is COC1=CCC([C@@H]2[C@@H]3C(=O)N(c4cc(Cl)cc(Cl)c4)C(=O)[C@]23C)C(c2cccc(Cl)c2)=C1. The average Bonchev–Trinajstić information content (AvgIpc) is 3.33. The number of hydrogen-bond acceptors (Lipinski definition) is 3. The predicted molar refractivity (Wildman–Crippen MR) is 127 cm³/mol. The van der Waals surface area contributed by atoms with Crippen LogP contribution in [0.5, 0.6) is 0 Å². The molecule has 1 unspecified atom stereocenters. The molecule has 164 valence electrons. The van der Waals surface area contributed by atoms with Gasteiger partial charge < -0.3 is 4.74 Å². The number of carbonyl (C=O) groups is 2. The van der Waals surface area contributed by atoms with E-state index in [0.717, 1.165) is 16.9 Å². The van der Waals surface area contributed by atoms with Crippen LogP contribution in [0.15, 0.2) is 60.4 Å². The molecule has 3 aliphatic rings. The highest BCUT2D eigenvalue weighted by Gasteiger charge is 2.78. The summed E-state index contributed by atoms with van der Waals surface area (Å²) in [6.45, 7) is 1.89. The second kappa shape index (κ2) is 7.65. The highest BCUT2D eigenvalue weighted by atomic mass is 35.5. The van der Waals surface area contributed by atoms with E-state index in [1.54, 1.807) is 25.3 Å². The summed E-state index contributed by atoms with van der Waals surface area (Å²) in [5.41, 5.74) is 1.65. The lowest BCUT2D eigenvalue weighted by Crippen LogP contribution is -2.38. The molecule has 1 saturated carbocycles. The van der Waals surface area contributed by atoms with Crippen molar-refractivity contribution in [3.63, 3.8) is 0 Å². The maximum absolute atomic E-state index is 13.5. The summed E-state index contributed by atoms with van der Waals surface area (Å²) in [4.78, 5) is 28.1. The van der Waals surface area contributed by atoms with Crippen molar-refractivity contribution >= 4 is 57.9 Å². The number of amides is 2. The third kappa shape index (κ3) is 3.20. The fourth-order valence-corrected chi connectivity index (χ4v) is 6.12. The Hall–Kier alpha value is -2.27. The number of allylic oxidation sites excluding steroid dienone is 3. The van der Waals surface area contributed by atoms with E-state index in [1.807, 2.05) is 43.3 Å². The van der Waals surface area contributed by atoms with Crippen LogP contribution in [-0.4, -0.2) is 18.9 Å². The van der Waals surface area contributed by atoms with Crippen molar-refractivity contribution in [2.45, 2.75) is 13.3 Å². The molecule has 2 aromatic rings. The molecule has 32 heavy (non-hydrogen) atoms. The number of carbonyl (C=O) groups excluding carboxylic acids is 2. The van der Waals surface area contributed by atoms with Crippen LogP contribution >= 0.6 is 34.8 Å². The molecule has 0 radical (unpaired) electrons. The van der Waals surface area contributed by atoms with Crippen molar-refractivity contribution in [3.05, 3.63) is 81.0 Å². The van der Waals surface area contributed by atoms with Crippen LogP contribution in [0.4, 0.5) is 5.69 Å². The normalized spacial score (nSPS) is 28.9. The van der Waals surface area contributed by atoms with Gasteiger partial charge in [0.05, 0.1) is 24.1 Å². The standard InChI is InChI=1S/C25H20Cl3NO3/c1-25-21(19-7-6-18(32-2)12-20(19)13-4-3-5-14(26)8-13)22(25)23(30)29(24(25)31)17-10-15(27)9-16(28)11-17/h3-6,8-12,19,21-22H,7H2,1-2H3/t19?,21-,22-,25-/m1/s1. The molecular formula is C25H20Cl3NO3. The topological polar surface area (TPSA) is 46.6 Å². The van der Waals surface area contributed by atoms with Crippen LogP contribution in [0.3, 0.4) is 0 Å². The first kappa shape index (κ1) is 21.6. The van der Waals surface area contributed by atoms with Gasteiger partial charge in [0.25, 0.3) is 0 Å². The summed E-state index contributed by atoms with van der Waals surface area (Å²) in [6.07, 6.45) is 4.68. The molecule has 4 atom stereocenters. The summed E-state index contributed by atoms with van der Waals surface area (Å²) in [7, 11) is 1.63. The molecule has 7 heteroatoms. The van der Waals surface area contributed by atoms with E-state index in [4.69, 9.17) is 39.5 Å². The fourth-order valence-electron chi connectivity index (χ4n) is 5.41. The smallest absolute Gasteiger partial charge is 0.240 e. The van der Waals surface area contributed by atoms with Crippen molar-refractivity contribution < 1.29 is 14.3 Å². The molecule has 5 rings (SSSR count). The van der Waals surface area contributed by atoms with Crippen molar-refractivity contribution in [1.82, 2.24) is 0 Å². The Morgan fingerprint density at radius 2 is 1.75 bits per heavy atom. The first-order valence-electron chi connectivity index (χ1n) is 10.3. The Labute approximate surface area is 201 Å². The predicted octanol–water partition coefficient (Wildman–Crippen LogP) is 6.41. The van der Waals surface area contributed by atoms with Crippen molar-refractivity contribution in [2.75, 3.05) is 12.0 Å². The molecule has 1 saturated heterocycles. The van der Waals surface area contributed by atoms with Gasteiger partial charge in [0.1, 0.15) is 5.76 Å². The maximum Gasteiger partial charge on any atom is 0.240 e. The number of piperidine rings is 1. The Kier molecular flexibility index (Phi) is 5.16. The molecule has 0 aromatic heterocycles. The lowest BCUT2D eigenvalue weighted by Gasteiger charge is -2.29. The molecule has 0 bridgehead atoms. The minimum absolute atomic E-state index is 0.000339. The monoisotopic (exact) mass is 487 g/mol. The number of ether oxygens (including phenoxy) is 1. The molecule has 2 aromatic carbocycles. The van der Waals surface area contributed by atoms with Gasteiger partial charge in [-0.2, -0.15) is 0 Å². The van der Waals surface area contributed by atoms with Gasteiger partial charge in [-0.1, -0.05) is 46.9 Å². The highest BCUT2D eigenvalue weighted by molar-refractivity contribution is 6.36. The van der Waals surface area contributed by atoms with Gasteiger partial charge >= 0.3 is 0 Å². The second-order valence-corrected chi connectivity index (χ2v) is 9.96. The van der Waals surface area contributed by atoms with Crippen molar-refractivity contribution in [1.29, 1.82) is 0 Å². The third-order valence-electron chi connectivity index (χ3n) is 6.94. The first-order chi connectivity index (χ1) is 15.3. The van der Waals surface area contributed by atoms with Crippen molar-refractivity contribution in [3.8, 4) is 0 Å². The summed E-state index contributed by atoms with van der Waals surface area (Å²) in [6, 6.07) is 12.4. The molecule has 0 spiro atoms. The molecule has 1 aliphatic heterocycles. The summed E-state index contributed by atoms with van der Waals surface area (Å²) < 4.78 is 5.46. The van der Waals surface area contributed by atoms with Gasteiger partial charge in [-0.05, 0) is 78.8 Å². The Bertz CT molecular complexity index is 1200. The van der Waals surface area contributed by atoms with Crippen LogP contribution in [-0.2, 0) is 14.3 Å². The fraction of sp³-hybridized carbons (Fsp3) is 0.280. The number of anilines is 1. The van der Waals surface area contributed by atoms with Gasteiger partial charge in [0.15, 0.2) is 0 Å². The van der Waals surface area contributed by atoms with Gasteiger partial charge in [-0.15, -0.1) is 0 Å². The molecule has 1 heterocycles. The van der Waals surface area contributed by atoms with Crippen LogP contribution in [0.2, 0.25) is 15.1 Å². The minimum atomic E-state index is -0.771. The summed E-state index contributed by atoms with van der Waals surface area (Å²) in [5.74, 6) is -0.137. The van der Waals surface area contributed by atoms with E-state index in [9.17, 15) is 9.59 Å². The maximum atomic E-state index is 13.5. The molecular weight excluding hydrogens is 469 g/mol. The van der Waals surface area contributed by atoms with Crippen LogP contribution in [0.25, 0.3) is 5.57 Å². The van der Waals surface area contributed by atoms with Gasteiger partial charge in [0.2, 0.25) is 11.8 Å². The number of imide groups is 1.